The van der Waals surface area contributed by atoms with Gasteiger partial charge in [0.05, 0.1) is 37.1 Å². The molecule has 0 aliphatic carbocycles. The molecule has 2 amide bonds. The lowest BCUT2D eigenvalue weighted by atomic mass is 9.92. The highest BCUT2D eigenvalue weighted by molar-refractivity contribution is 6.30. The Hall–Kier alpha value is -3.32. The fraction of sp³-hybridized carbons (Fsp3) is 0.261. The van der Waals surface area contributed by atoms with Crippen LogP contribution in [0.15, 0.2) is 59.8 Å². The second-order valence-electron chi connectivity index (χ2n) is 6.91. The molecular formula is C23H23ClN2O5. The highest BCUT2D eigenvalue weighted by atomic mass is 35.5. The number of benzene rings is 2. The average molecular weight is 443 g/mol. The van der Waals surface area contributed by atoms with Crippen molar-refractivity contribution in [2.45, 2.75) is 25.8 Å². The van der Waals surface area contributed by atoms with Gasteiger partial charge in [0, 0.05) is 10.7 Å². The molecule has 31 heavy (non-hydrogen) atoms. The summed E-state index contributed by atoms with van der Waals surface area (Å²) in [6.45, 7) is 1.97. The summed E-state index contributed by atoms with van der Waals surface area (Å²) in [5.41, 5.74) is 2.50. The monoisotopic (exact) mass is 442 g/mol. The van der Waals surface area contributed by atoms with Crippen LogP contribution < -0.4 is 10.2 Å². The molecule has 1 aliphatic heterocycles. The lowest BCUT2D eigenvalue weighted by Crippen LogP contribution is -2.48. The quantitative estimate of drug-likeness (QED) is 0.659. The third-order valence-electron chi connectivity index (χ3n) is 4.98. The van der Waals surface area contributed by atoms with E-state index >= 15 is 0 Å². The number of nitrogens with zero attached hydrogens (tertiary/aromatic N) is 1. The van der Waals surface area contributed by atoms with Gasteiger partial charge < -0.3 is 14.8 Å². The standard InChI is InChI=1S/C23H23ClN2O5/c1-4-5-18-19(22(28)31-3)20(14-6-8-15(9-7-14)21(27)30-2)25-23(29)26(18)17-12-10-16(24)11-13-17/h6-13,20H,4-5H2,1-3H3,(H,25,29)/t20-/m1/s1. The maximum Gasteiger partial charge on any atom is 0.338 e. The fourth-order valence-corrected chi connectivity index (χ4v) is 3.67. The molecule has 162 valence electrons. The van der Waals surface area contributed by atoms with Crippen molar-refractivity contribution < 1.29 is 23.9 Å². The minimum Gasteiger partial charge on any atom is -0.466 e. The van der Waals surface area contributed by atoms with E-state index in [1.807, 2.05) is 6.92 Å². The van der Waals surface area contributed by atoms with Crippen LogP contribution in [0.5, 0.6) is 0 Å². The summed E-state index contributed by atoms with van der Waals surface area (Å²) < 4.78 is 9.79. The molecule has 0 saturated heterocycles. The number of ether oxygens (including phenoxy) is 2. The van der Waals surface area contributed by atoms with Gasteiger partial charge in [-0.3, -0.25) is 4.90 Å². The molecule has 2 aromatic rings. The summed E-state index contributed by atoms with van der Waals surface area (Å²) in [7, 11) is 2.61. The first kappa shape index (κ1) is 22.4. The van der Waals surface area contributed by atoms with E-state index in [9.17, 15) is 14.4 Å². The lowest BCUT2D eigenvalue weighted by molar-refractivity contribution is -0.136. The van der Waals surface area contributed by atoms with Gasteiger partial charge in [0.1, 0.15) is 0 Å². The molecule has 1 N–H and O–H groups in total. The molecule has 1 heterocycles. The van der Waals surface area contributed by atoms with Gasteiger partial charge in [-0.2, -0.15) is 0 Å². The number of hydrogen-bond donors (Lipinski definition) is 1. The molecule has 0 fully saturated rings. The molecule has 1 aliphatic rings. The van der Waals surface area contributed by atoms with Gasteiger partial charge in [-0.05, 0) is 48.4 Å². The van der Waals surface area contributed by atoms with Gasteiger partial charge >= 0.3 is 18.0 Å². The van der Waals surface area contributed by atoms with Crippen LogP contribution in [-0.4, -0.2) is 32.2 Å². The van der Waals surface area contributed by atoms with Gasteiger partial charge in [0.25, 0.3) is 0 Å². The number of carbonyl (C=O) groups excluding carboxylic acids is 3. The van der Waals surface area contributed by atoms with Crippen molar-refractivity contribution >= 4 is 35.3 Å². The molecule has 0 spiro atoms. The number of methoxy groups -OCH3 is 2. The predicted octanol–water partition coefficient (Wildman–Crippen LogP) is 4.62. The number of esters is 2. The van der Waals surface area contributed by atoms with E-state index < -0.39 is 18.0 Å². The van der Waals surface area contributed by atoms with Crippen LogP contribution in [0, 0.1) is 0 Å². The molecule has 0 aromatic heterocycles. The second kappa shape index (κ2) is 9.66. The van der Waals surface area contributed by atoms with Gasteiger partial charge in [-0.1, -0.05) is 37.1 Å². The summed E-state index contributed by atoms with van der Waals surface area (Å²) in [6, 6.07) is 12.3. The maximum absolute atomic E-state index is 13.1. The van der Waals surface area contributed by atoms with Crippen molar-refractivity contribution in [3.05, 3.63) is 76.0 Å². The number of urea groups is 1. The Morgan fingerprint density at radius 1 is 1.00 bits per heavy atom. The van der Waals surface area contributed by atoms with Gasteiger partial charge in [0.15, 0.2) is 0 Å². The lowest BCUT2D eigenvalue weighted by Gasteiger charge is -2.36. The summed E-state index contributed by atoms with van der Waals surface area (Å²) in [5.74, 6) is -1.01. The molecule has 3 rings (SSSR count). The predicted molar refractivity (Wildman–Crippen MR) is 117 cm³/mol. The largest absolute Gasteiger partial charge is 0.466 e. The van der Waals surface area contributed by atoms with Crippen LogP contribution in [0.2, 0.25) is 5.02 Å². The normalized spacial score (nSPS) is 16.1. The third kappa shape index (κ3) is 4.56. The number of nitrogens with one attached hydrogen (secondary N) is 1. The second-order valence-corrected chi connectivity index (χ2v) is 7.35. The van der Waals surface area contributed by atoms with Crippen LogP contribution >= 0.6 is 11.6 Å². The number of anilines is 1. The van der Waals surface area contributed by atoms with Crippen molar-refractivity contribution in [1.29, 1.82) is 0 Å². The Morgan fingerprint density at radius 2 is 1.61 bits per heavy atom. The SMILES string of the molecule is CCCC1=C(C(=O)OC)[C@@H](c2ccc(C(=O)OC)cc2)NC(=O)N1c1ccc(Cl)cc1. The zero-order valence-corrected chi connectivity index (χ0v) is 18.2. The topological polar surface area (TPSA) is 84.9 Å². The van der Waals surface area contributed by atoms with Crippen molar-refractivity contribution in [3.63, 3.8) is 0 Å². The number of amides is 2. The van der Waals surface area contributed by atoms with E-state index in [0.29, 0.717) is 45.9 Å². The van der Waals surface area contributed by atoms with E-state index in [2.05, 4.69) is 5.32 Å². The minimum absolute atomic E-state index is 0.338. The summed E-state index contributed by atoms with van der Waals surface area (Å²) >= 11 is 6.00. The van der Waals surface area contributed by atoms with E-state index in [4.69, 9.17) is 21.1 Å². The van der Waals surface area contributed by atoms with Crippen molar-refractivity contribution in [3.8, 4) is 0 Å². The maximum atomic E-state index is 13.1. The smallest absolute Gasteiger partial charge is 0.338 e. The fourth-order valence-electron chi connectivity index (χ4n) is 3.54. The molecule has 0 saturated carbocycles. The molecule has 1 atom stereocenters. The van der Waals surface area contributed by atoms with Crippen LogP contribution in [0.1, 0.15) is 41.7 Å². The van der Waals surface area contributed by atoms with Crippen LogP contribution in [0.4, 0.5) is 10.5 Å². The number of halogens is 1. The van der Waals surface area contributed by atoms with Gasteiger partial charge in [-0.25, -0.2) is 14.4 Å². The Labute approximate surface area is 185 Å². The van der Waals surface area contributed by atoms with Gasteiger partial charge in [-0.15, -0.1) is 0 Å². The summed E-state index contributed by atoms with van der Waals surface area (Å²) in [4.78, 5) is 39.2. The average Bonchev–Trinajstić information content (AvgIpc) is 2.79. The molecule has 0 bridgehead atoms. The van der Waals surface area contributed by atoms with Crippen LogP contribution in [0.25, 0.3) is 0 Å². The first-order valence-electron chi connectivity index (χ1n) is 9.77. The van der Waals surface area contributed by atoms with E-state index in [1.165, 1.54) is 19.1 Å². The summed E-state index contributed by atoms with van der Waals surface area (Å²) in [5, 5.41) is 3.43. The zero-order valence-electron chi connectivity index (χ0n) is 17.5. The Morgan fingerprint density at radius 3 is 2.16 bits per heavy atom. The molecule has 2 aromatic carbocycles. The number of hydrogen-bond acceptors (Lipinski definition) is 5. The van der Waals surface area contributed by atoms with Crippen molar-refractivity contribution in [2.75, 3.05) is 19.1 Å². The number of carbonyl (C=O) groups is 3. The highest BCUT2D eigenvalue weighted by Crippen LogP contribution is 2.36. The minimum atomic E-state index is -0.725. The molecule has 7 nitrogen and oxygen atoms in total. The number of allylic oxidation sites excluding steroid dienone is 1. The van der Waals surface area contributed by atoms with Crippen molar-refractivity contribution in [2.24, 2.45) is 0 Å². The Kier molecular flexibility index (Phi) is 6.97. The van der Waals surface area contributed by atoms with Crippen LogP contribution in [-0.2, 0) is 14.3 Å². The number of rotatable bonds is 6. The Bertz CT molecular complexity index is 1020. The molecular weight excluding hydrogens is 420 g/mol. The van der Waals surface area contributed by atoms with Gasteiger partial charge in [0.2, 0.25) is 0 Å². The summed E-state index contributed by atoms with van der Waals surface area (Å²) in [6.07, 6.45) is 1.19. The molecule has 8 heteroatoms. The highest BCUT2D eigenvalue weighted by Gasteiger charge is 2.38. The van der Waals surface area contributed by atoms with E-state index in [-0.39, 0.29) is 6.03 Å². The van der Waals surface area contributed by atoms with E-state index in [0.717, 1.165) is 0 Å². The first-order chi connectivity index (χ1) is 14.9. The van der Waals surface area contributed by atoms with Crippen LogP contribution in [0.3, 0.4) is 0 Å². The zero-order chi connectivity index (χ0) is 22.5. The molecule has 0 radical (unpaired) electrons. The first-order valence-corrected chi connectivity index (χ1v) is 10.1. The van der Waals surface area contributed by atoms with E-state index in [1.54, 1.807) is 48.5 Å². The molecule has 0 unspecified atom stereocenters. The Balaban J connectivity index is 2.14. The third-order valence-corrected chi connectivity index (χ3v) is 5.23. The van der Waals surface area contributed by atoms with Crippen molar-refractivity contribution in [1.82, 2.24) is 5.32 Å².